The molecule has 3 aromatic rings. The first kappa shape index (κ1) is 18.7. The largest absolute Gasteiger partial charge is 0.346 e. The lowest BCUT2D eigenvalue weighted by Gasteiger charge is -2.12. The zero-order valence-electron chi connectivity index (χ0n) is 14.7. The Labute approximate surface area is 158 Å². The van der Waals surface area contributed by atoms with E-state index in [1.165, 1.54) is 24.5 Å². The molecule has 0 radical (unpaired) electrons. The molecule has 1 aromatic carbocycles. The van der Waals surface area contributed by atoms with Gasteiger partial charge in [0.1, 0.15) is 23.8 Å². The Morgan fingerprint density at radius 1 is 1.29 bits per heavy atom. The van der Waals surface area contributed by atoms with E-state index >= 15 is 0 Å². The third-order valence-electron chi connectivity index (χ3n) is 4.08. The van der Waals surface area contributed by atoms with Crippen LogP contribution < -0.4 is 10.9 Å². The molecule has 3 rings (SSSR count). The maximum Gasteiger partial charge on any atom is 0.252 e. The van der Waals surface area contributed by atoms with Crippen LogP contribution in [-0.4, -0.2) is 20.9 Å². The molecule has 0 unspecified atom stereocenters. The molecule has 1 amide bonds. The van der Waals surface area contributed by atoms with Crippen LogP contribution in [0.1, 0.15) is 35.5 Å². The number of halogens is 1. The molecule has 2 N–H and O–H groups in total. The standard InChI is InChI=1S/C19H13FN6O2/c1-10(18-23-8-11(6-21)9-24-18)25-17(27)5-12-4-13-14(7-22)15(20)2-3-16(13)26-19(12)28/h2-4,8-10H,5H2,1H3,(H,25,27)(H,26,28)/t10-/m1/s1. The van der Waals surface area contributed by atoms with Crippen molar-refractivity contribution in [2.75, 3.05) is 0 Å². The summed E-state index contributed by atoms with van der Waals surface area (Å²) in [5, 5.41) is 20.8. The predicted molar refractivity (Wildman–Crippen MR) is 96.3 cm³/mol. The smallest absolute Gasteiger partial charge is 0.252 e. The fourth-order valence-electron chi connectivity index (χ4n) is 2.69. The van der Waals surface area contributed by atoms with E-state index in [-0.39, 0.29) is 22.9 Å². The molecule has 0 bridgehead atoms. The second-order valence-electron chi connectivity index (χ2n) is 6.03. The van der Waals surface area contributed by atoms with Crippen LogP contribution in [0.4, 0.5) is 4.39 Å². The summed E-state index contributed by atoms with van der Waals surface area (Å²) >= 11 is 0. The van der Waals surface area contributed by atoms with E-state index < -0.39 is 23.3 Å². The highest BCUT2D eigenvalue weighted by atomic mass is 19.1. The van der Waals surface area contributed by atoms with Crippen LogP contribution in [0.5, 0.6) is 0 Å². The van der Waals surface area contributed by atoms with Crippen molar-refractivity contribution in [3.05, 3.63) is 69.3 Å². The minimum absolute atomic E-state index is 0.0973. The topological polar surface area (TPSA) is 135 Å². The number of nitriles is 2. The van der Waals surface area contributed by atoms with E-state index in [0.717, 1.165) is 6.07 Å². The fraction of sp³-hybridized carbons (Fsp3) is 0.158. The van der Waals surface area contributed by atoms with Crippen LogP contribution in [0.3, 0.4) is 0 Å². The molecule has 8 nitrogen and oxygen atoms in total. The summed E-state index contributed by atoms with van der Waals surface area (Å²) in [5.74, 6) is -0.863. The lowest BCUT2D eigenvalue weighted by Crippen LogP contribution is -2.31. The number of hydrogen-bond acceptors (Lipinski definition) is 6. The van der Waals surface area contributed by atoms with Crippen LogP contribution in [-0.2, 0) is 11.2 Å². The van der Waals surface area contributed by atoms with Gasteiger partial charge in [-0.2, -0.15) is 10.5 Å². The monoisotopic (exact) mass is 376 g/mol. The molecule has 138 valence electrons. The van der Waals surface area contributed by atoms with Gasteiger partial charge in [0.05, 0.1) is 23.6 Å². The number of carbonyl (C=O) groups excluding carboxylic acids is 1. The highest BCUT2D eigenvalue weighted by Gasteiger charge is 2.16. The van der Waals surface area contributed by atoms with Crippen molar-refractivity contribution in [3.8, 4) is 12.1 Å². The van der Waals surface area contributed by atoms with Crippen LogP contribution >= 0.6 is 0 Å². The Hall–Kier alpha value is -4.11. The average Bonchev–Trinajstić information content (AvgIpc) is 2.69. The van der Waals surface area contributed by atoms with Crippen molar-refractivity contribution in [2.24, 2.45) is 0 Å². The number of aromatic amines is 1. The zero-order valence-corrected chi connectivity index (χ0v) is 14.7. The maximum atomic E-state index is 13.8. The third kappa shape index (κ3) is 3.69. The third-order valence-corrected chi connectivity index (χ3v) is 4.08. The first-order valence-corrected chi connectivity index (χ1v) is 8.19. The van der Waals surface area contributed by atoms with Crippen LogP contribution in [0, 0.1) is 28.5 Å². The number of aromatic nitrogens is 3. The summed E-state index contributed by atoms with van der Waals surface area (Å²) in [6.45, 7) is 1.66. The summed E-state index contributed by atoms with van der Waals surface area (Å²) in [4.78, 5) is 35.1. The molecule has 0 aliphatic rings. The van der Waals surface area contributed by atoms with E-state index in [2.05, 4.69) is 20.3 Å². The van der Waals surface area contributed by atoms with Crippen LogP contribution in [0.2, 0.25) is 0 Å². The first-order chi connectivity index (χ1) is 13.4. The van der Waals surface area contributed by atoms with E-state index in [9.17, 15) is 14.0 Å². The quantitative estimate of drug-likeness (QED) is 0.710. The molecule has 2 heterocycles. The maximum absolute atomic E-state index is 13.8. The minimum atomic E-state index is -0.705. The Morgan fingerprint density at radius 3 is 2.64 bits per heavy atom. The number of rotatable bonds is 4. The van der Waals surface area contributed by atoms with Gasteiger partial charge >= 0.3 is 0 Å². The lowest BCUT2D eigenvalue weighted by molar-refractivity contribution is -0.121. The highest BCUT2D eigenvalue weighted by molar-refractivity contribution is 5.87. The molecule has 2 aromatic heterocycles. The average molecular weight is 376 g/mol. The molecular weight excluding hydrogens is 363 g/mol. The fourth-order valence-corrected chi connectivity index (χ4v) is 2.69. The molecule has 0 saturated carbocycles. The molecule has 0 aliphatic heterocycles. The molecule has 0 spiro atoms. The van der Waals surface area contributed by atoms with Crippen LogP contribution in [0.15, 0.2) is 35.4 Å². The number of nitrogens with one attached hydrogen (secondary N) is 2. The number of carbonyl (C=O) groups is 1. The number of nitrogens with zero attached hydrogens (tertiary/aromatic N) is 4. The molecule has 0 fully saturated rings. The molecule has 9 heteroatoms. The van der Waals surface area contributed by atoms with Crippen molar-refractivity contribution < 1.29 is 9.18 Å². The summed E-state index contributed by atoms with van der Waals surface area (Å²) in [6.07, 6.45) is 2.42. The molecule has 0 saturated heterocycles. The molecular formula is C19H13FN6O2. The van der Waals surface area contributed by atoms with E-state index in [4.69, 9.17) is 10.5 Å². The van der Waals surface area contributed by atoms with Gasteiger partial charge in [-0.15, -0.1) is 0 Å². The van der Waals surface area contributed by atoms with E-state index in [1.807, 2.05) is 6.07 Å². The summed E-state index contributed by atoms with van der Waals surface area (Å²) in [7, 11) is 0. The summed E-state index contributed by atoms with van der Waals surface area (Å²) in [6, 6.07) is 6.92. The SMILES string of the molecule is C[C@@H](NC(=O)Cc1cc2c(C#N)c(F)ccc2[nH]c1=O)c1ncc(C#N)cn1. The first-order valence-electron chi connectivity index (χ1n) is 8.19. The Balaban J connectivity index is 1.82. The summed E-state index contributed by atoms with van der Waals surface area (Å²) in [5.41, 5.74) is 0.00666. The van der Waals surface area contributed by atoms with Gasteiger partial charge in [-0.05, 0) is 25.1 Å². The normalized spacial score (nSPS) is 11.4. The number of fused-ring (bicyclic) bond motifs is 1. The molecule has 0 aliphatic carbocycles. The number of amides is 1. The Kier molecular flexibility index (Phi) is 5.10. The summed E-state index contributed by atoms with van der Waals surface area (Å²) < 4.78 is 13.8. The molecule has 1 atom stereocenters. The zero-order chi connectivity index (χ0) is 20.3. The van der Waals surface area contributed by atoms with Gasteiger partial charge in [0, 0.05) is 28.9 Å². The van der Waals surface area contributed by atoms with Gasteiger partial charge in [-0.25, -0.2) is 14.4 Å². The van der Waals surface area contributed by atoms with Crippen LogP contribution in [0.25, 0.3) is 10.9 Å². The van der Waals surface area contributed by atoms with Gasteiger partial charge < -0.3 is 10.3 Å². The van der Waals surface area contributed by atoms with Crippen molar-refractivity contribution in [1.82, 2.24) is 20.3 Å². The number of H-pyrrole nitrogens is 1. The van der Waals surface area contributed by atoms with E-state index in [0.29, 0.717) is 16.9 Å². The van der Waals surface area contributed by atoms with Crippen molar-refractivity contribution in [3.63, 3.8) is 0 Å². The minimum Gasteiger partial charge on any atom is -0.346 e. The number of pyridine rings is 1. The van der Waals surface area contributed by atoms with Gasteiger partial charge in [0.25, 0.3) is 5.56 Å². The second-order valence-corrected chi connectivity index (χ2v) is 6.03. The Bertz CT molecular complexity index is 1200. The van der Waals surface area contributed by atoms with Crippen molar-refractivity contribution in [2.45, 2.75) is 19.4 Å². The van der Waals surface area contributed by atoms with Gasteiger partial charge in [-0.1, -0.05) is 0 Å². The lowest BCUT2D eigenvalue weighted by atomic mass is 10.0. The predicted octanol–water partition coefficient (Wildman–Crippen LogP) is 1.62. The van der Waals surface area contributed by atoms with Gasteiger partial charge in [-0.3, -0.25) is 9.59 Å². The van der Waals surface area contributed by atoms with Gasteiger partial charge in [0.15, 0.2) is 0 Å². The number of benzene rings is 1. The second kappa shape index (κ2) is 7.64. The van der Waals surface area contributed by atoms with E-state index in [1.54, 1.807) is 13.0 Å². The molecule has 28 heavy (non-hydrogen) atoms. The highest BCUT2D eigenvalue weighted by Crippen LogP contribution is 2.19. The number of hydrogen-bond donors (Lipinski definition) is 2. The Morgan fingerprint density at radius 2 is 2.00 bits per heavy atom. The van der Waals surface area contributed by atoms with Crippen molar-refractivity contribution >= 4 is 16.8 Å². The van der Waals surface area contributed by atoms with Crippen molar-refractivity contribution in [1.29, 1.82) is 10.5 Å². The van der Waals surface area contributed by atoms with Gasteiger partial charge in [0.2, 0.25) is 5.91 Å².